The number of pyridine rings is 1. The molecule has 0 N–H and O–H groups in total. The van der Waals surface area contributed by atoms with Crippen LogP contribution < -0.4 is 5.56 Å². The van der Waals surface area contributed by atoms with E-state index in [2.05, 4.69) is 30.6 Å². The smallest absolute Gasteiger partial charge is 0.266 e. The van der Waals surface area contributed by atoms with Crippen LogP contribution in [0, 0.1) is 0 Å². The number of hydrogen-bond acceptors (Lipinski definition) is 6. The highest BCUT2D eigenvalue weighted by Crippen LogP contribution is 2.16. The van der Waals surface area contributed by atoms with Gasteiger partial charge in [0.1, 0.15) is 5.82 Å². The molecule has 0 radical (unpaired) electrons. The molecule has 8 heteroatoms. The minimum atomic E-state index is -0.0602. The summed E-state index contributed by atoms with van der Waals surface area (Å²) in [5.41, 5.74) is 2.84. The molecule has 3 aromatic heterocycles. The molecule has 0 atom stereocenters. The lowest BCUT2D eigenvalue weighted by Crippen LogP contribution is -2.47. The van der Waals surface area contributed by atoms with Crippen LogP contribution >= 0.6 is 0 Å². The molecule has 0 bridgehead atoms. The van der Waals surface area contributed by atoms with Crippen molar-refractivity contribution in [2.75, 3.05) is 32.7 Å². The summed E-state index contributed by atoms with van der Waals surface area (Å²) < 4.78 is 3.91. The van der Waals surface area contributed by atoms with Crippen LogP contribution in [0.15, 0.2) is 47.7 Å². The third kappa shape index (κ3) is 4.75. The van der Waals surface area contributed by atoms with Gasteiger partial charge in [0, 0.05) is 82.5 Å². The summed E-state index contributed by atoms with van der Waals surface area (Å²) >= 11 is 0. The fourth-order valence-corrected chi connectivity index (χ4v) is 4.46. The van der Waals surface area contributed by atoms with Crippen molar-refractivity contribution in [2.45, 2.75) is 38.9 Å². The van der Waals surface area contributed by atoms with Gasteiger partial charge in [0.2, 0.25) is 0 Å². The summed E-state index contributed by atoms with van der Waals surface area (Å²) in [5, 5.41) is 4.55. The molecular weight excluding hydrogens is 390 g/mol. The van der Waals surface area contributed by atoms with Gasteiger partial charge in [-0.25, -0.2) is 9.67 Å². The van der Waals surface area contributed by atoms with Crippen molar-refractivity contribution < 1.29 is 0 Å². The first-order chi connectivity index (χ1) is 15.2. The topological polar surface area (TPSA) is 72.1 Å². The molecule has 2 aliphatic rings. The zero-order valence-electron chi connectivity index (χ0n) is 17.9. The monoisotopic (exact) mass is 419 g/mol. The van der Waals surface area contributed by atoms with Crippen LogP contribution in [0.2, 0.25) is 0 Å². The molecule has 8 nitrogen and oxygen atoms in total. The molecule has 2 aliphatic heterocycles. The number of piperazine rings is 1. The minimum Gasteiger partial charge on any atom is -0.335 e. The van der Waals surface area contributed by atoms with Crippen molar-refractivity contribution in [3.8, 4) is 11.3 Å². The van der Waals surface area contributed by atoms with Crippen molar-refractivity contribution in [1.29, 1.82) is 0 Å². The van der Waals surface area contributed by atoms with Crippen molar-refractivity contribution >= 4 is 0 Å². The molecular formula is C23H29N7O. The van der Waals surface area contributed by atoms with Crippen molar-refractivity contribution in [3.05, 3.63) is 64.7 Å². The molecule has 5 rings (SSSR count). The Balaban J connectivity index is 1.14. The van der Waals surface area contributed by atoms with E-state index < -0.39 is 0 Å². The maximum absolute atomic E-state index is 12.3. The first kappa shape index (κ1) is 20.1. The normalized spacial score (nSPS) is 17.5. The fourth-order valence-electron chi connectivity index (χ4n) is 4.46. The van der Waals surface area contributed by atoms with Crippen molar-refractivity contribution in [2.24, 2.45) is 0 Å². The standard InChI is InChI=1S/C23H29N7O/c31-23-7-6-21(19-4-3-8-24-16-19)26-30(23)15-14-27-10-12-28(13-11-27)17-20-18-29-9-2-1-5-22(29)25-20/h3-4,6-8,16,18H,1-2,5,9-15,17H2. The lowest BCUT2D eigenvalue weighted by atomic mass is 10.2. The van der Waals surface area contributed by atoms with Gasteiger partial charge in [-0.1, -0.05) is 0 Å². The van der Waals surface area contributed by atoms with Gasteiger partial charge in [0.15, 0.2) is 0 Å². The SMILES string of the molecule is O=c1ccc(-c2cccnc2)nn1CCN1CCN(Cc2cn3c(n2)CCCC3)CC1. The molecule has 0 unspecified atom stereocenters. The van der Waals surface area contributed by atoms with E-state index >= 15 is 0 Å². The molecule has 1 fully saturated rings. The fraction of sp³-hybridized carbons (Fsp3) is 0.478. The summed E-state index contributed by atoms with van der Waals surface area (Å²) in [7, 11) is 0. The predicted molar refractivity (Wildman–Crippen MR) is 119 cm³/mol. The van der Waals surface area contributed by atoms with E-state index in [4.69, 9.17) is 4.98 Å². The molecule has 3 aromatic rings. The van der Waals surface area contributed by atoms with Crippen LogP contribution in [0.4, 0.5) is 0 Å². The summed E-state index contributed by atoms with van der Waals surface area (Å²) in [6, 6.07) is 7.20. The zero-order chi connectivity index (χ0) is 21.0. The van der Waals surface area contributed by atoms with Crippen molar-refractivity contribution in [1.82, 2.24) is 34.1 Å². The quantitative estimate of drug-likeness (QED) is 0.605. The molecule has 31 heavy (non-hydrogen) atoms. The highest BCUT2D eigenvalue weighted by atomic mass is 16.1. The summed E-state index contributed by atoms with van der Waals surface area (Å²) in [5.74, 6) is 1.26. The van der Waals surface area contributed by atoms with Crippen LogP contribution in [0.3, 0.4) is 0 Å². The number of fused-ring (bicyclic) bond motifs is 1. The van der Waals surface area contributed by atoms with Gasteiger partial charge < -0.3 is 4.57 Å². The summed E-state index contributed by atoms with van der Waals surface area (Å²) in [6.45, 7) is 7.54. The van der Waals surface area contributed by atoms with E-state index in [1.54, 1.807) is 29.2 Å². The largest absolute Gasteiger partial charge is 0.335 e. The highest BCUT2D eigenvalue weighted by Gasteiger charge is 2.19. The Morgan fingerprint density at radius 1 is 0.935 bits per heavy atom. The first-order valence-corrected chi connectivity index (χ1v) is 11.2. The molecule has 162 valence electrons. The molecule has 0 aliphatic carbocycles. The van der Waals surface area contributed by atoms with E-state index in [-0.39, 0.29) is 5.56 Å². The summed E-state index contributed by atoms with van der Waals surface area (Å²) in [4.78, 5) is 26.1. The zero-order valence-corrected chi connectivity index (χ0v) is 17.9. The Bertz CT molecular complexity index is 1040. The second kappa shape index (κ2) is 9.11. The van der Waals surface area contributed by atoms with Crippen LogP contribution in [-0.2, 0) is 26.1 Å². The molecule has 5 heterocycles. The van der Waals surface area contributed by atoms with Crippen LogP contribution in [0.1, 0.15) is 24.4 Å². The Hall–Kier alpha value is -2.84. The van der Waals surface area contributed by atoms with E-state index in [9.17, 15) is 4.79 Å². The molecule has 0 spiro atoms. The van der Waals surface area contributed by atoms with Crippen LogP contribution in [-0.4, -0.2) is 66.8 Å². The lowest BCUT2D eigenvalue weighted by Gasteiger charge is -2.34. The average molecular weight is 420 g/mol. The van der Waals surface area contributed by atoms with E-state index in [0.717, 1.165) is 63.5 Å². The number of aromatic nitrogens is 5. The summed E-state index contributed by atoms with van der Waals surface area (Å²) in [6.07, 6.45) is 9.40. The maximum Gasteiger partial charge on any atom is 0.266 e. The van der Waals surface area contributed by atoms with Crippen LogP contribution in [0.5, 0.6) is 0 Å². The third-order valence-electron chi connectivity index (χ3n) is 6.26. The van der Waals surface area contributed by atoms with Gasteiger partial charge in [-0.05, 0) is 31.0 Å². The second-order valence-electron chi connectivity index (χ2n) is 8.44. The molecule has 0 aromatic carbocycles. The minimum absolute atomic E-state index is 0.0602. The molecule has 0 amide bonds. The van der Waals surface area contributed by atoms with E-state index in [0.29, 0.717) is 6.54 Å². The number of imidazole rings is 1. The average Bonchev–Trinajstić information content (AvgIpc) is 3.22. The van der Waals surface area contributed by atoms with Crippen LogP contribution in [0.25, 0.3) is 11.3 Å². The second-order valence-corrected chi connectivity index (χ2v) is 8.44. The molecule has 1 saturated heterocycles. The Morgan fingerprint density at radius 3 is 2.61 bits per heavy atom. The Labute approximate surface area is 182 Å². The molecule has 0 saturated carbocycles. The van der Waals surface area contributed by atoms with E-state index in [1.165, 1.54) is 24.4 Å². The number of nitrogens with zero attached hydrogens (tertiary/aromatic N) is 7. The third-order valence-corrected chi connectivity index (χ3v) is 6.26. The number of hydrogen-bond donors (Lipinski definition) is 0. The van der Waals surface area contributed by atoms with Gasteiger partial charge >= 0.3 is 0 Å². The maximum atomic E-state index is 12.3. The van der Waals surface area contributed by atoms with Crippen molar-refractivity contribution in [3.63, 3.8) is 0 Å². The number of rotatable bonds is 6. The Morgan fingerprint density at radius 2 is 1.81 bits per heavy atom. The predicted octanol–water partition coefficient (Wildman–Crippen LogP) is 1.66. The van der Waals surface area contributed by atoms with Gasteiger partial charge in [-0.15, -0.1) is 0 Å². The van der Waals surface area contributed by atoms with E-state index in [1.807, 2.05) is 12.1 Å². The lowest BCUT2D eigenvalue weighted by molar-refractivity contribution is 0.122. The highest BCUT2D eigenvalue weighted by molar-refractivity contribution is 5.56. The first-order valence-electron chi connectivity index (χ1n) is 11.2. The van der Waals surface area contributed by atoms with Gasteiger partial charge in [-0.3, -0.25) is 19.6 Å². The van der Waals surface area contributed by atoms with Gasteiger partial charge in [-0.2, -0.15) is 5.10 Å². The number of aryl methyl sites for hydroxylation is 2. The van der Waals surface area contributed by atoms with Gasteiger partial charge in [0.05, 0.1) is 17.9 Å². The van der Waals surface area contributed by atoms with Gasteiger partial charge in [0.25, 0.3) is 5.56 Å². The Kier molecular flexibility index (Phi) is 5.90.